The molecule has 0 radical (unpaired) electrons. The number of hydrogen-bond acceptors (Lipinski definition) is 16. The molecule has 0 unspecified atom stereocenters. The molecule has 0 aromatic heterocycles. The molecule has 200 valence electrons. The average molecular weight is 504 g/mol. The second kappa shape index (κ2) is 12.9. The molecule has 11 N–H and O–H groups in total. The van der Waals surface area contributed by atoms with E-state index < -0.39 is 112 Å². The first kappa shape index (κ1) is 29.3. The number of hydrogen-bond donors (Lipinski definition) is 11. The van der Waals surface area contributed by atoms with Gasteiger partial charge in [0.1, 0.15) is 67.1 Å². The van der Waals surface area contributed by atoms with E-state index >= 15 is 0 Å². The van der Waals surface area contributed by atoms with Crippen LogP contribution in [0.5, 0.6) is 0 Å². The molecule has 0 aromatic carbocycles. The molecule has 0 spiro atoms. The third-order valence-electron chi connectivity index (χ3n) is 5.54. The van der Waals surface area contributed by atoms with E-state index in [4.69, 9.17) is 24.1 Å². The van der Waals surface area contributed by atoms with Crippen molar-refractivity contribution >= 4 is 5.78 Å². The molecular formula is C18H32O16. The zero-order valence-corrected chi connectivity index (χ0v) is 17.8. The maximum absolute atomic E-state index is 12.5. The van der Waals surface area contributed by atoms with E-state index in [1.807, 2.05) is 0 Å². The van der Waals surface area contributed by atoms with Gasteiger partial charge in [0.2, 0.25) is 0 Å². The molecule has 2 aliphatic heterocycles. The van der Waals surface area contributed by atoms with Gasteiger partial charge in [-0.15, -0.1) is 0 Å². The van der Waals surface area contributed by atoms with Crippen LogP contribution in [0.4, 0.5) is 0 Å². The van der Waals surface area contributed by atoms with Crippen molar-refractivity contribution in [3.63, 3.8) is 0 Å². The molecule has 2 aliphatic rings. The number of carbonyl (C=O) groups excluding carboxylic acids is 1. The third-order valence-corrected chi connectivity index (χ3v) is 5.54. The Kier molecular flexibility index (Phi) is 11.1. The first-order chi connectivity index (χ1) is 16.0. The summed E-state index contributed by atoms with van der Waals surface area (Å²) in [6.07, 6.45) is -23.3. The van der Waals surface area contributed by atoms with Crippen molar-refractivity contribution in [3.8, 4) is 0 Å². The molecule has 0 amide bonds. The van der Waals surface area contributed by atoms with Crippen LogP contribution < -0.4 is 0 Å². The Morgan fingerprint density at radius 1 is 0.735 bits per heavy atom. The van der Waals surface area contributed by atoms with Crippen LogP contribution in [0.25, 0.3) is 0 Å². The maximum Gasteiger partial charge on any atom is 0.195 e. The lowest BCUT2D eigenvalue weighted by atomic mass is 9.98. The molecule has 13 atom stereocenters. The van der Waals surface area contributed by atoms with Crippen LogP contribution in [-0.4, -0.2) is 168 Å². The lowest BCUT2D eigenvalue weighted by Gasteiger charge is -2.41. The summed E-state index contributed by atoms with van der Waals surface area (Å²) in [5, 5.41) is 107. The number of rotatable bonds is 11. The molecule has 2 saturated heterocycles. The molecule has 0 aliphatic carbocycles. The van der Waals surface area contributed by atoms with Gasteiger partial charge in [-0.2, -0.15) is 0 Å². The molecule has 16 nitrogen and oxygen atoms in total. The van der Waals surface area contributed by atoms with E-state index in [9.17, 15) is 55.9 Å². The van der Waals surface area contributed by atoms with Gasteiger partial charge in [-0.25, -0.2) is 0 Å². The van der Waals surface area contributed by atoms with Gasteiger partial charge in [0.15, 0.2) is 18.4 Å². The Hall–Kier alpha value is -0.930. The fourth-order valence-electron chi connectivity index (χ4n) is 3.44. The highest BCUT2D eigenvalue weighted by Crippen LogP contribution is 2.25. The Labute approximate surface area is 192 Å². The fraction of sp³-hybridized carbons (Fsp3) is 0.944. The standard InChI is InChI=1S/C18H32O16/c19-1-5(22)9(24)16(34-18-15(30)13(28)11(26)8(3-21)33-18)6(23)4-31-17-14(29)12(27)10(25)7(2-20)32-17/h5-8,10-23,25-30H,1-4H2/t5-,6+,7+,8+,10+,11+,12-,13-,14+,15+,16+,17-,18+/m0/s1. The minimum Gasteiger partial charge on any atom is -0.394 e. The second-order valence-electron chi connectivity index (χ2n) is 7.95. The quantitative estimate of drug-likeness (QED) is 0.125. The summed E-state index contributed by atoms with van der Waals surface area (Å²) in [6, 6.07) is 0. The summed E-state index contributed by atoms with van der Waals surface area (Å²) in [6.45, 7) is -3.52. The van der Waals surface area contributed by atoms with Crippen molar-refractivity contribution in [3.05, 3.63) is 0 Å². The second-order valence-corrected chi connectivity index (χ2v) is 7.95. The van der Waals surface area contributed by atoms with E-state index in [-0.39, 0.29) is 0 Å². The molecule has 2 heterocycles. The SMILES string of the molecule is O=C([C@@H](O)CO)[C@H](O[C@H]1O[C@H](CO)[C@@H](O)[C@H](O)[C@H]1O)[C@H](O)CO[C@H]1O[C@H](CO)[C@@H](O)[C@H](O)[C@H]1O. The van der Waals surface area contributed by atoms with E-state index in [2.05, 4.69) is 0 Å². The van der Waals surface area contributed by atoms with Crippen LogP contribution in [0.1, 0.15) is 0 Å². The number of carbonyl (C=O) groups is 1. The monoisotopic (exact) mass is 504 g/mol. The molecule has 2 rings (SSSR count). The van der Waals surface area contributed by atoms with Crippen LogP contribution >= 0.6 is 0 Å². The molecule has 34 heavy (non-hydrogen) atoms. The highest BCUT2D eigenvalue weighted by Gasteiger charge is 2.48. The highest BCUT2D eigenvalue weighted by atomic mass is 16.7. The van der Waals surface area contributed by atoms with Gasteiger partial charge in [0.05, 0.1) is 26.4 Å². The first-order valence-corrected chi connectivity index (χ1v) is 10.4. The van der Waals surface area contributed by atoms with Gasteiger partial charge in [0, 0.05) is 0 Å². The molecule has 0 saturated carbocycles. The zero-order chi connectivity index (χ0) is 25.7. The third kappa shape index (κ3) is 6.44. The molecular weight excluding hydrogens is 472 g/mol. The van der Waals surface area contributed by atoms with Crippen LogP contribution in [0, 0.1) is 0 Å². The normalized spacial score (nSPS) is 41.6. The summed E-state index contributed by atoms with van der Waals surface area (Å²) in [4.78, 5) is 12.5. The minimum absolute atomic E-state index is 0.753. The molecule has 0 aromatic rings. The summed E-state index contributed by atoms with van der Waals surface area (Å²) in [5.41, 5.74) is 0. The number of ether oxygens (including phenoxy) is 4. The van der Waals surface area contributed by atoms with E-state index in [0.29, 0.717) is 0 Å². The van der Waals surface area contributed by atoms with Crippen molar-refractivity contribution in [1.82, 2.24) is 0 Å². The van der Waals surface area contributed by atoms with E-state index in [1.54, 1.807) is 0 Å². The van der Waals surface area contributed by atoms with E-state index in [0.717, 1.165) is 0 Å². The van der Waals surface area contributed by atoms with Crippen molar-refractivity contribution < 1.29 is 79.9 Å². The van der Waals surface area contributed by atoms with Gasteiger partial charge in [0.25, 0.3) is 0 Å². The van der Waals surface area contributed by atoms with Crippen LogP contribution in [-0.2, 0) is 23.7 Å². The van der Waals surface area contributed by atoms with Crippen molar-refractivity contribution in [2.75, 3.05) is 26.4 Å². The number of ketones is 1. The van der Waals surface area contributed by atoms with Crippen LogP contribution in [0.3, 0.4) is 0 Å². The largest absolute Gasteiger partial charge is 0.394 e. The highest BCUT2D eigenvalue weighted by molar-refractivity contribution is 5.87. The lowest BCUT2D eigenvalue weighted by molar-refractivity contribution is -0.322. The summed E-state index contributed by atoms with van der Waals surface area (Å²) in [7, 11) is 0. The first-order valence-electron chi connectivity index (χ1n) is 10.4. The predicted octanol–water partition coefficient (Wildman–Crippen LogP) is -7.73. The topological polar surface area (TPSA) is 277 Å². The van der Waals surface area contributed by atoms with Crippen molar-refractivity contribution in [1.29, 1.82) is 0 Å². The number of Topliss-reactive ketones (excluding diaryl/α,β-unsaturated/α-hetero) is 1. The minimum atomic E-state index is -2.08. The van der Waals surface area contributed by atoms with Crippen molar-refractivity contribution in [2.24, 2.45) is 0 Å². The number of aliphatic hydroxyl groups excluding tert-OH is 11. The summed E-state index contributed by atoms with van der Waals surface area (Å²) >= 11 is 0. The van der Waals surface area contributed by atoms with Gasteiger partial charge >= 0.3 is 0 Å². The van der Waals surface area contributed by atoms with Crippen LogP contribution in [0.15, 0.2) is 0 Å². The van der Waals surface area contributed by atoms with Gasteiger partial charge in [-0.1, -0.05) is 0 Å². The van der Waals surface area contributed by atoms with E-state index in [1.165, 1.54) is 0 Å². The molecule has 0 bridgehead atoms. The Bertz CT molecular complexity index is 633. The summed E-state index contributed by atoms with van der Waals surface area (Å²) < 4.78 is 20.6. The van der Waals surface area contributed by atoms with Gasteiger partial charge in [-0.05, 0) is 0 Å². The maximum atomic E-state index is 12.5. The zero-order valence-electron chi connectivity index (χ0n) is 17.8. The fourth-order valence-corrected chi connectivity index (χ4v) is 3.44. The Morgan fingerprint density at radius 3 is 1.68 bits per heavy atom. The Morgan fingerprint density at radius 2 is 1.21 bits per heavy atom. The predicted molar refractivity (Wildman–Crippen MR) is 102 cm³/mol. The number of aliphatic hydroxyl groups is 11. The average Bonchev–Trinajstić information content (AvgIpc) is 2.84. The molecule has 2 fully saturated rings. The van der Waals surface area contributed by atoms with Crippen LogP contribution in [0.2, 0.25) is 0 Å². The van der Waals surface area contributed by atoms with Gasteiger partial charge < -0.3 is 75.1 Å². The molecule has 16 heteroatoms. The smallest absolute Gasteiger partial charge is 0.195 e. The Balaban J connectivity index is 2.13. The lowest BCUT2D eigenvalue weighted by Crippen LogP contribution is -2.61. The van der Waals surface area contributed by atoms with Crippen molar-refractivity contribution in [2.45, 2.75) is 79.7 Å². The summed E-state index contributed by atoms with van der Waals surface area (Å²) in [5.74, 6) is -1.30. The van der Waals surface area contributed by atoms with Gasteiger partial charge in [-0.3, -0.25) is 4.79 Å².